The molecule has 1 aromatic rings. The second-order valence-corrected chi connectivity index (χ2v) is 3.71. The van der Waals surface area contributed by atoms with E-state index in [4.69, 9.17) is 15.9 Å². The number of anilines is 1. The molecule has 0 amide bonds. The maximum absolute atomic E-state index is 13.4. The van der Waals surface area contributed by atoms with Crippen LogP contribution in [0.4, 0.5) is 23.4 Å². The molecule has 4 N–H and O–H groups in total. The lowest BCUT2D eigenvalue weighted by atomic mass is 10.1. The van der Waals surface area contributed by atoms with Crippen molar-refractivity contribution in [2.24, 2.45) is 0 Å². The summed E-state index contributed by atoms with van der Waals surface area (Å²) in [6.45, 7) is -1.70. The molecular formula is C9H9F4N3O4. The summed E-state index contributed by atoms with van der Waals surface area (Å²) < 4.78 is 52.9. The predicted octanol–water partition coefficient (Wildman–Crippen LogP) is -0.911. The Bertz CT molecular complexity index is 575. The Morgan fingerprint density at radius 1 is 1.45 bits per heavy atom. The molecule has 0 aliphatic carbocycles. The first-order valence-corrected chi connectivity index (χ1v) is 5.00. The highest BCUT2D eigenvalue weighted by Crippen LogP contribution is 2.38. The van der Waals surface area contributed by atoms with Gasteiger partial charge < -0.3 is 15.9 Å². The number of halogens is 4. The predicted molar refractivity (Wildman–Crippen MR) is 56.5 cm³/mol. The molecule has 0 unspecified atom stereocenters. The molecule has 1 rings (SSSR count). The second kappa shape index (κ2) is 5.17. The van der Waals surface area contributed by atoms with Crippen LogP contribution in [0.5, 0.6) is 0 Å². The van der Waals surface area contributed by atoms with Crippen molar-refractivity contribution < 1.29 is 32.6 Å². The molecule has 1 aromatic heterocycles. The zero-order chi connectivity index (χ0) is 15.7. The first-order chi connectivity index (χ1) is 9.05. The summed E-state index contributed by atoms with van der Waals surface area (Å²) in [5.41, 5.74) is 3.47. The van der Waals surface area contributed by atoms with Gasteiger partial charge in [0.25, 0.3) is 0 Å². The molecule has 20 heavy (non-hydrogen) atoms. The number of aliphatic hydroxyl groups is 2. The SMILES string of the molecule is Nc1ccn(C(=O)C(F)(F)C(F)(F)[C@H](O)CO)c(=O)n1. The quantitative estimate of drug-likeness (QED) is 0.619. The van der Waals surface area contributed by atoms with E-state index in [0.717, 1.165) is 6.07 Å². The van der Waals surface area contributed by atoms with Crippen molar-refractivity contribution in [3.8, 4) is 0 Å². The smallest absolute Gasteiger partial charge is 0.390 e. The van der Waals surface area contributed by atoms with Crippen molar-refractivity contribution in [3.63, 3.8) is 0 Å². The van der Waals surface area contributed by atoms with Gasteiger partial charge >= 0.3 is 23.4 Å². The Kier molecular flexibility index (Phi) is 4.15. The summed E-state index contributed by atoms with van der Waals surface area (Å²) in [7, 11) is 0. The number of aliphatic hydroxyl groups excluding tert-OH is 2. The number of hydrogen-bond acceptors (Lipinski definition) is 6. The average molecular weight is 299 g/mol. The summed E-state index contributed by atoms with van der Waals surface area (Å²) in [6, 6.07) is 0.774. The highest BCUT2D eigenvalue weighted by Gasteiger charge is 2.66. The van der Waals surface area contributed by atoms with Crippen molar-refractivity contribution >= 4 is 11.7 Å². The lowest BCUT2D eigenvalue weighted by Crippen LogP contribution is -2.58. The molecule has 0 spiro atoms. The third kappa shape index (κ3) is 2.49. The van der Waals surface area contributed by atoms with Crippen LogP contribution < -0.4 is 11.4 Å². The molecule has 7 nitrogen and oxygen atoms in total. The number of carbonyl (C=O) groups excluding carboxylic acids is 1. The van der Waals surface area contributed by atoms with Crippen LogP contribution in [0.3, 0.4) is 0 Å². The van der Waals surface area contributed by atoms with Gasteiger partial charge in [0.1, 0.15) is 11.9 Å². The Hall–Kier alpha value is -2.01. The first kappa shape index (κ1) is 16.0. The van der Waals surface area contributed by atoms with Crippen LogP contribution in [0.1, 0.15) is 4.79 Å². The molecule has 1 heterocycles. The normalized spacial score (nSPS) is 14.1. The molecule has 0 bridgehead atoms. The number of carbonyl (C=O) groups is 1. The van der Waals surface area contributed by atoms with E-state index in [2.05, 4.69) is 4.98 Å². The Morgan fingerprint density at radius 3 is 2.45 bits per heavy atom. The van der Waals surface area contributed by atoms with Crippen LogP contribution >= 0.6 is 0 Å². The lowest BCUT2D eigenvalue weighted by Gasteiger charge is -2.28. The van der Waals surface area contributed by atoms with E-state index >= 15 is 0 Å². The van der Waals surface area contributed by atoms with Crippen LogP contribution in [0.15, 0.2) is 17.1 Å². The summed E-state index contributed by atoms with van der Waals surface area (Å²) in [5.74, 6) is -13.7. The Balaban J connectivity index is 3.28. The molecule has 11 heteroatoms. The van der Waals surface area contributed by atoms with Gasteiger partial charge in [0.05, 0.1) is 6.61 Å². The van der Waals surface area contributed by atoms with Crippen molar-refractivity contribution in [1.29, 1.82) is 0 Å². The molecule has 0 saturated carbocycles. The maximum Gasteiger partial charge on any atom is 0.390 e. The Labute approximate surface area is 108 Å². The van der Waals surface area contributed by atoms with Gasteiger partial charge in [-0.25, -0.2) is 9.36 Å². The van der Waals surface area contributed by atoms with Gasteiger partial charge in [0.2, 0.25) is 0 Å². The molecular weight excluding hydrogens is 290 g/mol. The molecule has 0 saturated heterocycles. The van der Waals surface area contributed by atoms with Gasteiger partial charge in [-0.1, -0.05) is 0 Å². The van der Waals surface area contributed by atoms with E-state index in [0.29, 0.717) is 6.20 Å². The summed E-state index contributed by atoms with van der Waals surface area (Å²) in [4.78, 5) is 25.4. The van der Waals surface area contributed by atoms with Crippen molar-refractivity contribution in [2.75, 3.05) is 12.3 Å². The molecule has 0 aliphatic heterocycles. The molecule has 1 atom stereocenters. The number of rotatable bonds is 4. The van der Waals surface area contributed by atoms with E-state index in [9.17, 15) is 27.2 Å². The zero-order valence-corrected chi connectivity index (χ0v) is 9.63. The van der Waals surface area contributed by atoms with Crippen LogP contribution in [-0.4, -0.2) is 50.2 Å². The molecule has 112 valence electrons. The molecule has 0 fully saturated rings. The summed E-state index contributed by atoms with van der Waals surface area (Å²) >= 11 is 0. The van der Waals surface area contributed by atoms with E-state index in [1.54, 1.807) is 0 Å². The minimum absolute atomic E-state index is 0.367. The molecule has 0 aromatic carbocycles. The van der Waals surface area contributed by atoms with Crippen LogP contribution in [0.2, 0.25) is 0 Å². The van der Waals surface area contributed by atoms with Crippen molar-refractivity contribution in [1.82, 2.24) is 9.55 Å². The standard InChI is InChI=1S/C9H9F4N3O4/c10-8(11,4(18)3-17)9(12,13)6(19)16-2-1-5(14)15-7(16)20/h1-2,4,17-18H,3H2,(H2,14,15,20)/t4-/m1/s1. The number of nitrogen functional groups attached to an aromatic ring is 1. The van der Waals surface area contributed by atoms with Crippen molar-refractivity contribution in [3.05, 3.63) is 22.7 Å². The number of hydrogen-bond donors (Lipinski definition) is 3. The van der Waals surface area contributed by atoms with Crippen molar-refractivity contribution in [2.45, 2.75) is 17.9 Å². The van der Waals surface area contributed by atoms with Gasteiger partial charge in [-0.05, 0) is 6.07 Å². The lowest BCUT2D eigenvalue weighted by molar-refractivity contribution is -0.235. The van der Waals surface area contributed by atoms with Gasteiger partial charge in [-0.15, -0.1) is 0 Å². The fourth-order valence-electron chi connectivity index (χ4n) is 1.19. The van der Waals surface area contributed by atoms with Crippen LogP contribution in [-0.2, 0) is 0 Å². The maximum atomic E-state index is 13.4. The second-order valence-electron chi connectivity index (χ2n) is 3.71. The third-order valence-electron chi connectivity index (χ3n) is 2.32. The van der Waals surface area contributed by atoms with Crippen LogP contribution in [0, 0.1) is 0 Å². The Morgan fingerprint density at radius 2 is 2.00 bits per heavy atom. The highest BCUT2D eigenvalue weighted by atomic mass is 19.3. The fraction of sp³-hybridized carbons (Fsp3) is 0.444. The highest BCUT2D eigenvalue weighted by molar-refractivity contribution is 5.87. The molecule has 0 radical (unpaired) electrons. The third-order valence-corrected chi connectivity index (χ3v) is 2.32. The van der Waals surface area contributed by atoms with E-state index in [1.165, 1.54) is 0 Å². The van der Waals surface area contributed by atoms with Crippen LogP contribution in [0.25, 0.3) is 0 Å². The summed E-state index contributed by atoms with van der Waals surface area (Å²) in [5, 5.41) is 17.0. The van der Waals surface area contributed by atoms with E-state index < -0.39 is 42.0 Å². The number of alkyl halides is 4. The average Bonchev–Trinajstić information content (AvgIpc) is 2.36. The summed E-state index contributed by atoms with van der Waals surface area (Å²) in [6.07, 6.45) is -2.73. The number of nitrogens with zero attached hydrogens (tertiary/aromatic N) is 2. The largest absolute Gasteiger partial charge is 0.393 e. The number of aromatic nitrogens is 2. The van der Waals surface area contributed by atoms with Gasteiger partial charge in [-0.3, -0.25) is 4.79 Å². The zero-order valence-electron chi connectivity index (χ0n) is 9.63. The van der Waals surface area contributed by atoms with Gasteiger partial charge in [-0.2, -0.15) is 22.5 Å². The molecule has 0 aliphatic rings. The first-order valence-electron chi connectivity index (χ1n) is 5.00. The topological polar surface area (TPSA) is 118 Å². The van der Waals surface area contributed by atoms with E-state index in [1.807, 2.05) is 0 Å². The number of nitrogens with two attached hydrogens (primary N) is 1. The minimum atomic E-state index is -5.43. The monoisotopic (exact) mass is 299 g/mol. The minimum Gasteiger partial charge on any atom is -0.393 e. The van der Waals surface area contributed by atoms with E-state index in [-0.39, 0.29) is 4.57 Å². The van der Waals surface area contributed by atoms with Gasteiger partial charge in [0, 0.05) is 6.20 Å². The fourth-order valence-corrected chi connectivity index (χ4v) is 1.19. The van der Waals surface area contributed by atoms with Gasteiger partial charge in [0.15, 0.2) is 0 Å².